The van der Waals surface area contributed by atoms with Crippen LogP contribution in [0.1, 0.15) is 39.0 Å². The van der Waals surface area contributed by atoms with Crippen LogP contribution in [-0.2, 0) is 0 Å². The average molecular weight is 288 g/mol. The van der Waals surface area contributed by atoms with Crippen LogP contribution in [0.15, 0.2) is 11.6 Å². The summed E-state index contributed by atoms with van der Waals surface area (Å²) in [6.07, 6.45) is 9.71. The molecule has 4 aliphatic rings. The molecule has 0 amide bonds. The lowest BCUT2D eigenvalue weighted by Crippen LogP contribution is -2.30. The lowest BCUT2D eigenvalue weighted by atomic mass is 9.81. The Morgan fingerprint density at radius 1 is 1.00 bits per heavy atom. The van der Waals surface area contributed by atoms with Crippen LogP contribution in [-0.4, -0.2) is 49.6 Å². The van der Waals surface area contributed by atoms with E-state index < -0.39 is 0 Å². The van der Waals surface area contributed by atoms with Gasteiger partial charge in [-0.25, -0.2) is 0 Å². The molecule has 0 aromatic rings. The van der Waals surface area contributed by atoms with E-state index in [0.717, 1.165) is 29.6 Å². The maximum atomic E-state index is 2.82. The molecule has 0 N–H and O–H groups in total. The number of likely N-dealkylation sites (tertiary alicyclic amines) is 2. The van der Waals surface area contributed by atoms with Gasteiger partial charge >= 0.3 is 0 Å². The lowest BCUT2D eigenvalue weighted by molar-refractivity contribution is 0.239. The number of rotatable bonds is 3. The minimum Gasteiger partial charge on any atom is -0.306 e. The highest BCUT2D eigenvalue weighted by Gasteiger charge is 2.41. The van der Waals surface area contributed by atoms with E-state index >= 15 is 0 Å². The van der Waals surface area contributed by atoms with Crippen molar-refractivity contribution in [2.75, 3.05) is 39.8 Å². The molecule has 5 unspecified atom stereocenters. The van der Waals surface area contributed by atoms with Crippen LogP contribution in [0.5, 0.6) is 0 Å². The van der Waals surface area contributed by atoms with Crippen molar-refractivity contribution in [1.29, 1.82) is 0 Å². The smallest absolute Gasteiger partial charge is 0.00258 e. The minimum atomic E-state index is 0.979. The molecule has 2 saturated heterocycles. The summed E-state index contributed by atoms with van der Waals surface area (Å²) in [5.74, 6) is 5.02. The summed E-state index contributed by atoms with van der Waals surface area (Å²) in [6, 6.07) is 0. The molecule has 118 valence electrons. The van der Waals surface area contributed by atoms with Gasteiger partial charge in [0, 0.05) is 32.7 Å². The van der Waals surface area contributed by atoms with Crippen molar-refractivity contribution in [1.82, 2.24) is 9.80 Å². The summed E-state index contributed by atoms with van der Waals surface area (Å²) in [5.41, 5.74) is 1.75. The predicted molar refractivity (Wildman–Crippen MR) is 88.2 cm³/mol. The molecule has 2 aliphatic carbocycles. The Labute approximate surface area is 130 Å². The zero-order chi connectivity index (χ0) is 14.4. The molecule has 5 atom stereocenters. The number of hydrogen-bond acceptors (Lipinski definition) is 2. The quantitative estimate of drug-likeness (QED) is 0.736. The lowest BCUT2D eigenvalue weighted by Gasteiger charge is -2.24. The largest absolute Gasteiger partial charge is 0.306 e. The van der Waals surface area contributed by atoms with Gasteiger partial charge in [0.05, 0.1) is 0 Å². The highest BCUT2D eigenvalue weighted by molar-refractivity contribution is 5.10. The second kappa shape index (κ2) is 5.70. The fraction of sp³-hybridized carbons (Fsp3) is 0.895. The topological polar surface area (TPSA) is 6.48 Å². The fourth-order valence-electron chi connectivity index (χ4n) is 5.89. The number of hydrogen-bond donors (Lipinski definition) is 0. The minimum absolute atomic E-state index is 0.979. The van der Waals surface area contributed by atoms with Crippen molar-refractivity contribution in [2.24, 2.45) is 29.6 Å². The first-order valence-electron chi connectivity index (χ1n) is 9.30. The zero-order valence-electron chi connectivity index (χ0n) is 13.9. The summed E-state index contributed by atoms with van der Waals surface area (Å²) in [6.45, 7) is 9.21. The first-order chi connectivity index (χ1) is 10.2. The Bertz CT molecular complexity index is 402. The Morgan fingerprint density at radius 2 is 1.71 bits per heavy atom. The van der Waals surface area contributed by atoms with Gasteiger partial charge in [-0.15, -0.1) is 0 Å². The second-order valence-corrected chi connectivity index (χ2v) is 8.47. The monoisotopic (exact) mass is 288 g/mol. The van der Waals surface area contributed by atoms with E-state index in [0.29, 0.717) is 0 Å². The maximum Gasteiger partial charge on any atom is 0.00258 e. The molecule has 2 nitrogen and oxygen atoms in total. The van der Waals surface area contributed by atoms with Crippen LogP contribution in [0.2, 0.25) is 0 Å². The maximum absolute atomic E-state index is 2.82. The Hall–Kier alpha value is -0.340. The van der Waals surface area contributed by atoms with Crippen molar-refractivity contribution in [2.45, 2.75) is 39.0 Å². The highest BCUT2D eigenvalue weighted by Crippen LogP contribution is 2.46. The van der Waals surface area contributed by atoms with Crippen molar-refractivity contribution >= 4 is 0 Å². The molecule has 21 heavy (non-hydrogen) atoms. The molecule has 1 saturated carbocycles. The zero-order valence-corrected chi connectivity index (χ0v) is 13.9. The van der Waals surface area contributed by atoms with Gasteiger partial charge in [0.1, 0.15) is 0 Å². The number of nitrogens with zero attached hydrogens (tertiary/aromatic N) is 2. The number of allylic oxidation sites excluding steroid dienone is 2. The molecule has 2 aliphatic heterocycles. The van der Waals surface area contributed by atoms with Gasteiger partial charge in [-0.2, -0.15) is 0 Å². The summed E-state index contributed by atoms with van der Waals surface area (Å²) < 4.78 is 0. The molecule has 0 bridgehead atoms. The normalized spacial score (nSPS) is 43.9. The Balaban J connectivity index is 1.29. The summed E-state index contributed by atoms with van der Waals surface area (Å²) in [4.78, 5) is 5.35. The first-order valence-corrected chi connectivity index (χ1v) is 9.30. The van der Waals surface area contributed by atoms with Gasteiger partial charge in [0.15, 0.2) is 0 Å². The van der Waals surface area contributed by atoms with Crippen molar-refractivity contribution in [3.05, 3.63) is 11.6 Å². The van der Waals surface area contributed by atoms with E-state index in [9.17, 15) is 0 Å². The van der Waals surface area contributed by atoms with Gasteiger partial charge in [-0.1, -0.05) is 18.6 Å². The van der Waals surface area contributed by atoms with Crippen LogP contribution in [0.25, 0.3) is 0 Å². The number of fused-ring (bicyclic) bond motifs is 2. The fourth-order valence-corrected chi connectivity index (χ4v) is 5.89. The molecule has 2 heteroatoms. The predicted octanol–water partition coefficient (Wildman–Crippen LogP) is 3.25. The molecular formula is C19H32N2. The van der Waals surface area contributed by atoms with E-state index in [2.05, 4.69) is 29.8 Å². The molecule has 0 radical (unpaired) electrons. The molecule has 3 fully saturated rings. The van der Waals surface area contributed by atoms with Gasteiger partial charge in [0.25, 0.3) is 0 Å². The van der Waals surface area contributed by atoms with E-state index in [1.807, 2.05) is 0 Å². The third-order valence-corrected chi connectivity index (χ3v) is 6.89. The highest BCUT2D eigenvalue weighted by atomic mass is 15.2. The van der Waals surface area contributed by atoms with E-state index in [1.54, 1.807) is 5.57 Å². The van der Waals surface area contributed by atoms with Crippen LogP contribution in [0.3, 0.4) is 0 Å². The summed E-state index contributed by atoms with van der Waals surface area (Å²) in [7, 11) is 2.29. The van der Waals surface area contributed by atoms with Crippen molar-refractivity contribution < 1.29 is 0 Å². The molecule has 4 rings (SSSR count). The van der Waals surface area contributed by atoms with Gasteiger partial charge in [0.2, 0.25) is 0 Å². The van der Waals surface area contributed by atoms with E-state index in [-0.39, 0.29) is 0 Å². The third-order valence-electron chi connectivity index (χ3n) is 6.89. The standard InChI is InChI=1S/C19H32N2/c1-3-14-4-5-16-7-15(8-17(16)6-14)9-21-12-18-10-20(2)11-19(18)13-21/h4,15-19H,3,5-13H2,1-2H3. The van der Waals surface area contributed by atoms with Crippen LogP contribution >= 0.6 is 0 Å². The Kier molecular flexibility index (Phi) is 3.87. The van der Waals surface area contributed by atoms with Crippen molar-refractivity contribution in [3.63, 3.8) is 0 Å². The third kappa shape index (κ3) is 2.82. The van der Waals surface area contributed by atoms with Crippen LogP contribution in [0.4, 0.5) is 0 Å². The van der Waals surface area contributed by atoms with E-state index in [4.69, 9.17) is 0 Å². The van der Waals surface area contributed by atoms with Gasteiger partial charge in [-0.05, 0) is 68.7 Å². The van der Waals surface area contributed by atoms with Crippen molar-refractivity contribution in [3.8, 4) is 0 Å². The van der Waals surface area contributed by atoms with Gasteiger partial charge in [-0.3, -0.25) is 0 Å². The Morgan fingerprint density at radius 3 is 2.43 bits per heavy atom. The molecule has 0 aromatic heterocycles. The molecular weight excluding hydrogens is 256 g/mol. The molecule has 0 aromatic carbocycles. The summed E-state index contributed by atoms with van der Waals surface area (Å²) >= 11 is 0. The van der Waals surface area contributed by atoms with Gasteiger partial charge < -0.3 is 9.80 Å². The second-order valence-electron chi connectivity index (χ2n) is 8.47. The molecule has 0 spiro atoms. The summed E-state index contributed by atoms with van der Waals surface area (Å²) in [5, 5.41) is 0. The molecule has 2 heterocycles. The SMILES string of the molecule is CCC1=CCC2CC(CN3CC4CN(C)CC4C3)CC2C1. The average Bonchev–Trinajstić information content (AvgIpc) is 3.09. The van der Waals surface area contributed by atoms with Crippen LogP contribution < -0.4 is 0 Å². The van der Waals surface area contributed by atoms with E-state index in [1.165, 1.54) is 64.8 Å². The first kappa shape index (κ1) is 14.3. The van der Waals surface area contributed by atoms with Crippen LogP contribution in [0, 0.1) is 29.6 Å².